The maximum absolute atomic E-state index is 12.5. The Bertz CT molecular complexity index is 873. The van der Waals surface area contributed by atoms with E-state index in [1.54, 1.807) is 12.1 Å². The first kappa shape index (κ1) is 16.4. The number of halogens is 2. The second kappa shape index (κ2) is 6.19. The van der Waals surface area contributed by atoms with Gasteiger partial charge in [-0.2, -0.15) is 0 Å². The van der Waals surface area contributed by atoms with Gasteiger partial charge < -0.3 is 5.11 Å². The molecule has 1 aliphatic heterocycles. The summed E-state index contributed by atoms with van der Waals surface area (Å²) in [5.41, 5.74) is 4.00. The number of aromatic hydroxyl groups is 1. The molecule has 0 aliphatic carbocycles. The van der Waals surface area contributed by atoms with E-state index in [1.165, 1.54) is 30.3 Å². The number of carbonyl (C=O) groups excluding carboxylic acids is 2. The third kappa shape index (κ3) is 3.09. The Labute approximate surface area is 148 Å². The zero-order chi connectivity index (χ0) is 17.4. The SMILES string of the molecule is Cc1ccc(O)c(/C=C2/C(=O)NN(c3cc(Cl)cc(Cl)c3)C2=O)c1. The van der Waals surface area contributed by atoms with Crippen molar-refractivity contribution in [1.29, 1.82) is 0 Å². The largest absolute Gasteiger partial charge is 0.507 e. The fourth-order valence-corrected chi connectivity index (χ4v) is 2.87. The van der Waals surface area contributed by atoms with E-state index in [0.29, 0.717) is 21.3 Å². The molecule has 0 bridgehead atoms. The van der Waals surface area contributed by atoms with Gasteiger partial charge in [0.05, 0.1) is 5.69 Å². The van der Waals surface area contributed by atoms with Crippen LogP contribution in [0.5, 0.6) is 5.75 Å². The smallest absolute Gasteiger partial charge is 0.282 e. The molecule has 1 saturated heterocycles. The number of hydrazine groups is 1. The lowest BCUT2D eigenvalue weighted by atomic mass is 10.1. The number of nitrogens with zero attached hydrogens (tertiary/aromatic N) is 1. The molecule has 3 rings (SSSR count). The van der Waals surface area contributed by atoms with Crippen LogP contribution in [0.1, 0.15) is 11.1 Å². The Balaban J connectivity index is 2.00. The standard InChI is InChI=1S/C17H12Cl2N2O3/c1-9-2-3-15(22)10(4-9)5-14-16(23)20-21(17(14)24)13-7-11(18)6-12(19)8-13/h2-8,22H,1H3,(H,20,23)/b14-5-. The molecular formula is C17H12Cl2N2O3. The number of aryl methyl sites for hydroxylation is 1. The van der Waals surface area contributed by atoms with Gasteiger partial charge in [0.2, 0.25) is 0 Å². The molecular weight excluding hydrogens is 351 g/mol. The Morgan fingerprint density at radius 3 is 2.42 bits per heavy atom. The fraction of sp³-hybridized carbons (Fsp3) is 0.0588. The minimum atomic E-state index is -0.572. The number of rotatable bonds is 2. The number of phenols is 1. The van der Waals surface area contributed by atoms with Gasteiger partial charge in [-0.3, -0.25) is 15.0 Å². The normalized spacial score (nSPS) is 16.0. The van der Waals surface area contributed by atoms with Gasteiger partial charge >= 0.3 is 0 Å². The van der Waals surface area contributed by atoms with Crippen molar-refractivity contribution in [2.24, 2.45) is 0 Å². The van der Waals surface area contributed by atoms with Crippen LogP contribution in [0.15, 0.2) is 42.0 Å². The van der Waals surface area contributed by atoms with Gasteiger partial charge in [-0.1, -0.05) is 34.8 Å². The molecule has 2 aromatic carbocycles. The molecule has 5 nitrogen and oxygen atoms in total. The van der Waals surface area contributed by atoms with E-state index < -0.39 is 11.8 Å². The van der Waals surface area contributed by atoms with E-state index >= 15 is 0 Å². The third-order valence-corrected chi connectivity index (χ3v) is 3.92. The van der Waals surface area contributed by atoms with Crippen LogP contribution in [0, 0.1) is 6.92 Å². The van der Waals surface area contributed by atoms with Crippen molar-refractivity contribution in [2.45, 2.75) is 6.92 Å². The lowest BCUT2D eigenvalue weighted by Gasteiger charge is -2.15. The molecule has 2 aromatic rings. The van der Waals surface area contributed by atoms with Crippen molar-refractivity contribution >= 4 is 46.8 Å². The maximum Gasteiger partial charge on any atom is 0.282 e. The summed E-state index contributed by atoms with van der Waals surface area (Å²) in [6, 6.07) is 9.47. The highest BCUT2D eigenvalue weighted by molar-refractivity contribution is 6.36. The predicted octanol–water partition coefficient (Wildman–Crippen LogP) is 3.47. The van der Waals surface area contributed by atoms with Crippen LogP contribution in [0.25, 0.3) is 6.08 Å². The molecule has 1 aliphatic rings. The summed E-state index contributed by atoms with van der Waals surface area (Å²) in [5, 5.41) is 11.6. The molecule has 0 unspecified atom stereocenters. The van der Waals surface area contributed by atoms with E-state index in [2.05, 4.69) is 5.43 Å². The molecule has 1 heterocycles. The Morgan fingerprint density at radius 1 is 1.08 bits per heavy atom. The number of amides is 2. The first-order valence-corrected chi connectivity index (χ1v) is 7.73. The summed E-state index contributed by atoms with van der Waals surface area (Å²) in [7, 11) is 0. The molecule has 24 heavy (non-hydrogen) atoms. The van der Waals surface area contributed by atoms with E-state index in [0.717, 1.165) is 10.6 Å². The first-order valence-electron chi connectivity index (χ1n) is 6.98. The molecule has 122 valence electrons. The van der Waals surface area contributed by atoms with Crippen molar-refractivity contribution in [3.8, 4) is 5.75 Å². The molecule has 0 atom stereocenters. The van der Waals surface area contributed by atoms with Crippen LogP contribution in [0.4, 0.5) is 5.69 Å². The summed E-state index contributed by atoms with van der Waals surface area (Å²) in [6.07, 6.45) is 1.35. The molecule has 0 spiro atoms. The maximum atomic E-state index is 12.5. The van der Waals surface area contributed by atoms with Gasteiger partial charge in [0.25, 0.3) is 11.8 Å². The zero-order valence-electron chi connectivity index (χ0n) is 12.5. The second-order valence-electron chi connectivity index (χ2n) is 5.33. The molecule has 0 radical (unpaired) electrons. The quantitative estimate of drug-likeness (QED) is 0.634. The summed E-state index contributed by atoms with van der Waals surface area (Å²) in [4.78, 5) is 24.7. The van der Waals surface area contributed by atoms with Gasteiger partial charge in [-0.15, -0.1) is 0 Å². The summed E-state index contributed by atoms with van der Waals surface area (Å²) < 4.78 is 0. The number of hydrogen-bond donors (Lipinski definition) is 2. The molecule has 7 heteroatoms. The number of phenolic OH excluding ortho intramolecular Hbond substituents is 1. The van der Waals surface area contributed by atoms with Crippen molar-refractivity contribution < 1.29 is 14.7 Å². The molecule has 0 aromatic heterocycles. The Morgan fingerprint density at radius 2 is 1.75 bits per heavy atom. The number of carbonyl (C=O) groups is 2. The van der Waals surface area contributed by atoms with Crippen molar-refractivity contribution in [2.75, 3.05) is 5.01 Å². The van der Waals surface area contributed by atoms with Gasteiger partial charge in [-0.05, 0) is 43.3 Å². The minimum Gasteiger partial charge on any atom is -0.507 e. The average Bonchev–Trinajstić information content (AvgIpc) is 2.78. The van der Waals surface area contributed by atoms with Crippen LogP contribution in [0.3, 0.4) is 0 Å². The van der Waals surface area contributed by atoms with Crippen molar-refractivity contribution in [3.63, 3.8) is 0 Å². The number of benzene rings is 2. The Hall–Kier alpha value is -2.50. The van der Waals surface area contributed by atoms with Crippen molar-refractivity contribution in [1.82, 2.24) is 5.43 Å². The summed E-state index contributed by atoms with van der Waals surface area (Å²) >= 11 is 11.9. The van der Waals surface area contributed by atoms with E-state index in [-0.39, 0.29) is 11.3 Å². The molecule has 2 N–H and O–H groups in total. The lowest BCUT2D eigenvalue weighted by molar-refractivity contribution is -0.117. The first-order chi connectivity index (χ1) is 11.3. The zero-order valence-corrected chi connectivity index (χ0v) is 14.0. The Kier molecular flexibility index (Phi) is 4.22. The number of hydrogen-bond acceptors (Lipinski definition) is 3. The third-order valence-electron chi connectivity index (χ3n) is 3.48. The molecule has 2 amide bonds. The van der Waals surface area contributed by atoms with Crippen molar-refractivity contribution in [3.05, 3.63) is 63.1 Å². The minimum absolute atomic E-state index is 0.0158. The highest BCUT2D eigenvalue weighted by Crippen LogP contribution is 2.29. The van der Waals surface area contributed by atoms with Crippen LogP contribution >= 0.6 is 23.2 Å². The van der Waals surface area contributed by atoms with Crippen LogP contribution in [-0.2, 0) is 9.59 Å². The monoisotopic (exact) mass is 362 g/mol. The lowest BCUT2D eigenvalue weighted by Crippen LogP contribution is -2.35. The summed E-state index contributed by atoms with van der Waals surface area (Å²) in [5.74, 6) is -1.14. The number of nitrogens with one attached hydrogen (secondary N) is 1. The van der Waals surface area contributed by atoms with Crippen LogP contribution in [-0.4, -0.2) is 16.9 Å². The fourth-order valence-electron chi connectivity index (χ4n) is 2.35. The second-order valence-corrected chi connectivity index (χ2v) is 6.20. The number of anilines is 1. The highest BCUT2D eigenvalue weighted by atomic mass is 35.5. The van der Waals surface area contributed by atoms with Gasteiger partial charge in [0, 0.05) is 15.6 Å². The molecule has 1 fully saturated rings. The van der Waals surface area contributed by atoms with Crippen LogP contribution < -0.4 is 10.4 Å². The van der Waals surface area contributed by atoms with E-state index in [4.69, 9.17) is 23.2 Å². The van der Waals surface area contributed by atoms with Gasteiger partial charge in [-0.25, -0.2) is 5.01 Å². The van der Waals surface area contributed by atoms with Gasteiger partial charge in [0.1, 0.15) is 11.3 Å². The topological polar surface area (TPSA) is 69.6 Å². The highest BCUT2D eigenvalue weighted by Gasteiger charge is 2.34. The van der Waals surface area contributed by atoms with Crippen LogP contribution in [0.2, 0.25) is 10.0 Å². The van der Waals surface area contributed by atoms with E-state index in [1.807, 2.05) is 6.92 Å². The average molecular weight is 363 g/mol. The summed E-state index contributed by atoms with van der Waals surface area (Å²) in [6.45, 7) is 1.85. The predicted molar refractivity (Wildman–Crippen MR) is 92.9 cm³/mol. The van der Waals surface area contributed by atoms with Gasteiger partial charge in [0.15, 0.2) is 0 Å². The van der Waals surface area contributed by atoms with E-state index in [9.17, 15) is 14.7 Å². The molecule has 0 saturated carbocycles.